The van der Waals surface area contributed by atoms with Gasteiger partial charge in [0.05, 0.1) is 42.1 Å². The third-order valence-electron chi connectivity index (χ3n) is 14.7. The number of nitrogens with one attached hydrogen (secondary N) is 1. The molecule has 0 spiro atoms. The van der Waals surface area contributed by atoms with Crippen molar-refractivity contribution in [1.82, 2.24) is 15.1 Å². The Morgan fingerprint density at radius 2 is 1.71 bits per heavy atom. The second-order valence-electron chi connectivity index (χ2n) is 18.4. The maximum atomic E-state index is 14.1. The van der Waals surface area contributed by atoms with E-state index in [1.165, 1.54) is 37.3 Å². The Bertz CT molecular complexity index is 2310. The summed E-state index contributed by atoms with van der Waals surface area (Å²) in [5.41, 5.74) is -3.81. The molecule has 4 heterocycles. The summed E-state index contributed by atoms with van der Waals surface area (Å²) in [4.78, 5) is 83.8. The second-order valence-corrected chi connectivity index (χ2v) is 18.4. The van der Waals surface area contributed by atoms with Gasteiger partial charge in [0.2, 0.25) is 23.5 Å². The van der Waals surface area contributed by atoms with Gasteiger partial charge < -0.3 is 54.2 Å². The van der Waals surface area contributed by atoms with Crippen molar-refractivity contribution in [2.24, 2.45) is 17.8 Å². The molecule has 4 saturated heterocycles. The first-order valence-electron chi connectivity index (χ1n) is 22.3. The Labute approximate surface area is 374 Å². The molecule has 1 saturated carbocycles. The third kappa shape index (κ3) is 7.62. The summed E-state index contributed by atoms with van der Waals surface area (Å²) in [6.45, 7) is 1.34. The van der Waals surface area contributed by atoms with Crippen LogP contribution in [0.25, 0.3) is 0 Å². The molecule has 7 aliphatic rings. The molecular weight excluding hydrogens is 851 g/mol. The highest BCUT2D eigenvalue weighted by molar-refractivity contribution is 6.31. The zero-order chi connectivity index (χ0) is 46.2. The molecule has 2 aromatic carbocycles. The molecule has 2 unspecified atom stereocenters. The summed E-state index contributed by atoms with van der Waals surface area (Å²) in [7, 11) is 4.43. The lowest BCUT2D eigenvalue weighted by molar-refractivity contribution is -0.273. The van der Waals surface area contributed by atoms with Crippen molar-refractivity contribution >= 4 is 35.1 Å². The van der Waals surface area contributed by atoms with Gasteiger partial charge in [-0.2, -0.15) is 0 Å². The standard InChI is InChI=1S/C46H55N3O16/c1-20-41-27(48-18-24(63-45(61-4)44(48)65-41)12-23-13-31(52)49(43(23)58)17-21-8-10-22(11-9-21)42(57)47-2)14-32(62-20)64-29-16-46(59,30(51)19-50)15-26-34(29)40(56)36-35(38(26)54)37(53)25-6-5-7-28(60-3)33(25)39(36)55/h5-7,20-24,27,29,32,41,44-45,50,54,56,59H,8-19H2,1-4H3,(H,47,57)/t20-,21?,22?,23?,24?,27-,29-,32-,41+,44+,45-,46-/m0/s1. The van der Waals surface area contributed by atoms with Crippen molar-refractivity contribution in [3.63, 3.8) is 0 Å². The number of carbonyl (C=O) groups is 6. The van der Waals surface area contributed by atoms with Gasteiger partial charge in [-0.1, -0.05) is 12.1 Å². The molecule has 9 rings (SSSR count). The van der Waals surface area contributed by atoms with E-state index >= 15 is 0 Å². The molecule has 3 aliphatic carbocycles. The largest absolute Gasteiger partial charge is 0.507 e. The van der Waals surface area contributed by atoms with Gasteiger partial charge in [0.1, 0.15) is 35.6 Å². The van der Waals surface area contributed by atoms with Crippen molar-refractivity contribution in [2.45, 2.75) is 120 Å². The molecule has 2 aromatic rings. The molecule has 5 fully saturated rings. The van der Waals surface area contributed by atoms with Gasteiger partial charge in [-0.25, -0.2) is 0 Å². The van der Waals surface area contributed by atoms with Crippen LogP contribution in [0.15, 0.2) is 18.2 Å². The average molecular weight is 906 g/mol. The van der Waals surface area contributed by atoms with E-state index in [4.69, 9.17) is 28.4 Å². The Balaban J connectivity index is 0.947. The lowest BCUT2D eigenvalue weighted by Crippen LogP contribution is -2.58. The monoisotopic (exact) mass is 905 g/mol. The molecule has 0 aromatic heterocycles. The Hall–Kier alpha value is -4.86. The number of phenols is 2. The van der Waals surface area contributed by atoms with Gasteiger partial charge in [0.25, 0.3) is 0 Å². The van der Waals surface area contributed by atoms with E-state index in [1.54, 1.807) is 14.0 Å². The number of aliphatic hydroxyl groups excluding tert-OH is 1. The van der Waals surface area contributed by atoms with E-state index in [1.807, 2.05) is 0 Å². The predicted octanol–water partition coefficient (Wildman–Crippen LogP) is 1.40. The molecule has 0 radical (unpaired) electrons. The van der Waals surface area contributed by atoms with E-state index in [0.29, 0.717) is 25.9 Å². The number of imide groups is 1. The van der Waals surface area contributed by atoms with E-state index in [2.05, 4.69) is 10.2 Å². The van der Waals surface area contributed by atoms with Crippen LogP contribution < -0.4 is 10.1 Å². The zero-order valence-electron chi connectivity index (χ0n) is 36.7. The summed E-state index contributed by atoms with van der Waals surface area (Å²) in [6, 6.07) is 3.99. The van der Waals surface area contributed by atoms with Crippen LogP contribution in [0.4, 0.5) is 0 Å². The highest BCUT2D eigenvalue weighted by Crippen LogP contribution is 2.53. The number of nitrogens with zero attached hydrogens (tertiary/aromatic N) is 2. The highest BCUT2D eigenvalue weighted by atomic mass is 16.7. The Morgan fingerprint density at radius 1 is 0.969 bits per heavy atom. The first-order valence-corrected chi connectivity index (χ1v) is 22.3. The summed E-state index contributed by atoms with van der Waals surface area (Å²) in [5.74, 6) is -4.89. The number of fused-ring (bicyclic) bond motifs is 6. The smallest absolute Gasteiger partial charge is 0.232 e. The normalized spacial score (nSPS) is 34.4. The van der Waals surface area contributed by atoms with Crippen LogP contribution in [-0.2, 0) is 49.3 Å². The molecule has 5 N–H and O–H groups in total. The Kier molecular flexibility index (Phi) is 12.1. The van der Waals surface area contributed by atoms with E-state index < -0.39 is 120 Å². The van der Waals surface area contributed by atoms with Crippen LogP contribution >= 0.6 is 0 Å². The van der Waals surface area contributed by atoms with Gasteiger partial charge >= 0.3 is 0 Å². The first-order chi connectivity index (χ1) is 31.1. The molecule has 0 bridgehead atoms. The summed E-state index contributed by atoms with van der Waals surface area (Å²) >= 11 is 0. The number of hydrogen-bond donors (Lipinski definition) is 5. The van der Waals surface area contributed by atoms with Crippen LogP contribution in [0, 0.1) is 17.8 Å². The number of rotatable bonds is 11. The minimum atomic E-state index is -2.32. The molecule has 10 atom stereocenters. The number of hydrogen-bond acceptors (Lipinski definition) is 17. The van der Waals surface area contributed by atoms with E-state index in [0.717, 1.165) is 12.8 Å². The Morgan fingerprint density at radius 3 is 2.40 bits per heavy atom. The lowest BCUT2D eigenvalue weighted by atomic mass is 9.72. The van der Waals surface area contributed by atoms with Crippen LogP contribution in [0.1, 0.15) is 107 Å². The van der Waals surface area contributed by atoms with E-state index in [9.17, 15) is 49.2 Å². The van der Waals surface area contributed by atoms with Gasteiger partial charge in [-0.15, -0.1) is 0 Å². The average Bonchev–Trinajstić information content (AvgIpc) is 3.80. The van der Waals surface area contributed by atoms with Crippen LogP contribution in [0.2, 0.25) is 0 Å². The molecule has 3 amide bonds. The number of ketones is 3. The summed E-state index contributed by atoms with van der Waals surface area (Å²) < 4.78 is 36.9. The lowest BCUT2D eigenvalue weighted by Gasteiger charge is -2.44. The SMILES string of the molecule is CNC(=O)C1CCC(CN2C(=O)CC(CC3CN4[C@H](O[C@@H]5[C@H](C)O[C@@H](O[C@H]6C[C@](O)(C(=O)CO)Cc7c(O)c8c(c(O)c76)C(=O)c6c(OC)cccc6C8=O)C[C@@H]54)[C@@H](OC)O3)C2=O)CC1. The van der Waals surface area contributed by atoms with Crippen molar-refractivity contribution in [2.75, 3.05) is 41.0 Å². The summed E-state index contributed by atoms with van der Waals surface area (Å²) in [6.07, 6.45) is -3.50. The molecule has 350 valence electrons. The number of phenolic OH excluding ortho intramolecular Hbond substituents is 2. The van der Waals surface area contributed by atoms with Crippen molar-refractivity contribution in [3.8, 4) is 17.2 Å². The van der Waals surface area contributed by atoms with Gasteiger partial charge in [0, 0.05) is 87.5 Å². The third-order valence-corrected chi connectivity index (χ3v) is 14.7. The number of likely N-dealkylation sites (tertiary alicyclic amines) is 1. The molecule has 65 heavy (non-hydrogen) atoms. The topological polar surface area (TPSA) is 257 Å². The van der Waals surface area contributed by atoms with Gasteiger partial charge in [0.15, 0.2) is 30.4 Å². The van der Waals surface area contributed by atoms with E-state index in [-0.39, 0.29) is 76.8 Å². The number of carbonyl (C=O) groups excluding carboxylic acids is 6. The number of aliphatic hydroxyl groups is 2. The molecular formula is C46H55N3O16. The summed E-state index contributed by atoms with van der Waals surface area (Å²) in [5, 5.41) is 48.2. The van der Waals surface area contributed by atoms with Gasteiger partial charge in [-0.05, 0) is 51.0 Å². The minimum Gasteiger partial charge on any atom is -0.507 e. The fourth-order valence-electron chi connectivity index (χ4n) is 11.4. The number of aromatic hydroxyl groups is 2. The fourth-order valence-corrected chi connectivity index (χ4v) is 11.4. The molecule has 4 aliphatic heterocycles. The zero-order valence-corrected chi connectivity index (χ0v) is 36.7. The van der Waals surface area contributed by atoms with Gasteiger partial charge in [-0.3, -0.25) is 38.6 Å². The minimum absolute atomic E-state index is 0.0142. The van der Waals surface area contributed by atoms with Crippen molar-refractivity contribution < 1.29 is 77.6 Å². The van der Waals surface area contributed by atoms with Crippen LogP contribution in [-0.4, -0.2) is 155 Å². The maximum absolute atomic E-state index is 14.1. The molecule has 19 heteroatoms. The number of Topliss-reactive ketones (excluding diaryl/α,β-unsaturated/α-hetero) is 1. The number of morpholine rings is 1. The highest BCUT2D eigenvalue weighted by Gasteiger charge is 2.57. The maximum Gasteiger partial charge on any atom is 0.232 e. The fraction of sp³-hybridized carbons (Fsp3) is 0.609. The number of methoxy groups -OCH3 is 2. The number of amides is 3. The van der Waals surface area contributed by atoms with Crippen molar-refractivity contribution in [3.05, 3.63) is 51.6 Å². The van der Waals surface area contributed by atoms with Crippen LogP contribution in [0.3, 0.4) is 0 Å². The van der Waals surface area contributed by atoms with Crippen molar-refractivity contribution in [1.29, 1.82) is 0 Å². The number of benzene rings is 2. The van der Waals surface area contributed by atoms with Crippen LogP contribution in [0.5, 0.6) is 17.2 Å². The molecule has 19 nitrogen and oxygen atoms in total. The first kappa shape index (κ1) is 45.3. The second kappa shape index (κ2) is 17.4. The predicted molar refractivity (Wildman–Crippen MR) is 222 cm³/mol. The number of ether oxygens (including phenoxy) is 6. The quantitative estimate of drug-likeness (QED) is 0.135.